The maximum Gasteiger partial charge on any atom is 0.245 e. The molecule has 142 valence electrons. The number of nitrogens with zero attached hydrogens (tertiary/aromatic N) is 4. The van der Waals surface area contributed by atoms with E-state index in [-0.39, 0.29) is 17.9 Å². The van der Waals surface area contributed by atoms with Crippen LogP contribution in [0, 0.1) is 5.92 Å². The van der Waals surface area contributed by atoms with E-state index in [0.29, 0.717) is 6.42 Å². The maximum absolute atomic E-state index is 12.9. The van der Waals surface area contributed by atoms with E-state index >= 15 is 0 Å². The van der Waals surface area contributed by atoms with Crippen LogP contribution in [0.1, 0.15) is 37.4 Å². The number of carbonyl (C=O) groups is 1. The van der Waals surface area contributed by atoms with Crippen LogP contribution >= 0.6 is 0 Å². The van der Waals surface area contributed by atoms with Crippen LogP contribution in [0.4, 0.5) is 0 Å². The van der Waals surface area contributed by atoms with Gasteiger partial charge in [0, 0.05) is 30.3 Å². The number of benzene rings is 2. The molecule has 28 heavy (non-hydrogen) atoms. The third-order valence-corrected chi connectivity index (χ3v) is 4.93. The van der Waals surface area contributed by atoms with Crippen LogP contribution in [0.3, 0.4) is 0 Å². The third kappa shape index (κ3) is 3.22. The zero-order chi connectivity index (χ0) is 19.7. The zero-order valence-electron chi connectivity index (χ0n) is 16.2. The number of para-hydroxylation sites is 1. The molecule has 0 bridgehead atoms. The summed E-state index contributed by atoms with van der Waals surface area (Å²) in [6.07, 6.45) is 3.97. The molecule has 4 rings (SSSR count). The second kappa shape index (κ2) is 7.38. The Balaban J connectivity index is 1.76. The molecule has 1 unspecified atom stereocenters. The van der Waals surface area contributed by atoms with Gasteiger partial charge in [-0.05, 0) is 29.8 Å². The summed E-state index contributed by atoms with van der Waals surface area (Å²) in [4.78, 5) is 21.6. The Morgan fingerprint density at radius 1 is 1.11 bits per heavy atom. The molecule has 1 aromatic heterocycles. The Kier molecular flexibility index (Phi) is 4.77. The van der Waals surface area contributed by atoms with Gasteiger partial charge in [0.25, 0.3) is 0 Å². The number of fused-ring (bicyclic) bond motifs is 1. The van der Waals surface area contributed by atoms with Crippen LogP contribution in [0.25, 0.3) is 11.0 Å². The lowest BCUT2D eigenvalue weighted by molar-refractivity contribution is -0.136. The van der Waals surface area contributed by atoms with Gasteiger partial charge in [0.15, 0.2) is 0 Å². The maximum atomic E-state index is 12.9. The lowest BCUT2D eigenvalue weighted by Crippen LogP contribution is -2.30. The zero-order valence-corrected chi connectivity index (χ0v) is 16.2. The first-order valence-electron chi connectivity index (χ1n) is 9.33. The van der Waals surface area contributed by atoms with Crippen LogP contribution in [-0.2, 0) is 4.79 Å². The molecule has 0 saturated heterocycles. The molecule has 0 spiro atoms. The number of methoxy groups -OCH3 is 1. The summed E-state index contributed by atoms with van der Waals surface area (Å²) in [5, 5.41) is 6.33. The Morgan fingerprint density at radius 3 is 2.61 bits per heavy atom. The van der Waals surface area contributed by atoms with Crippen LogP contribution in [0.5, 0.6) is 5.75 Å². The van der Waals surface area contributed by atoms with E-state index in [4.69, 9.17) is 9.84 Å². The van der Waals surface area contributed by atoms with E-state index in [0.717, 1.165) is 33.6 Å². The first-order chi connectivity index (χ1) is 13.6. The number of rotatable bonds is 4. The summed E-state index contributed by atoms with van der Waals surface area (Å²) < 4.78 is 5.50. The van der Waals surface area contributed by atoms with Gasteiger partial charge in [0.2, 0.25) is 5.91 Å². The molecule has 0 aliphatic carbocycles. The SMILES string of the molecule is COc1ccccc1C1=NN(C(=O)C(C)C)C(c2ccc3nccnc3c2)C1. The molecule has 6 heteroatoms. The standard InChI is InChI=1S/C22H22N4O2/c1-14(2)22(27)26-20(15-8-9-17-19(12-15)24-11-10-23-17)13-18(25-26)16-6-4-5-7-21(16)28-3/h4-12,14,20H,13H2,1-3H3. The van der Waals surface area contributed by atoms with Gasteiger partial charge in [-0.2, -0.15) is 5.10 Å². The molecule has 0 N–H and O–H groups in total. The predicted octanol–water partition coefficient (Wildman–Crippen LogP) is 3.97. The van der Waals surface area contributed by atoms with Gasteiger partial charge in [-0.15, -0.1) is 0 Å². The Bertz CT molecular complexity index is 1060. The number of amides is 1. The summed E-state index contributed by atoms with van der Waals surface area (Å²) in [7, 11) is 1.64. The molecular formula is C22H22N4O2. The molecule has 1 amide bonds. The number of carbonyl (C=O) groups excluding carboxylic acids is 1. The summed E-state index contributed by atoms with van der Waals surface area (Å²) in [5.74, 6) is 0.598. The predicted molar refractivity (Wildman–Crippen MR) is 108 cm³/mol. The van der Waals surface area contributed by atoms with Crippen molar-refractivity contribution in [2.24, 2.45) is 11.0 Å². The van der Waals surface area contributed by atoms with Gasteiger partial charge in [-0.25, -0.2) is 5.01 Å². The van der Waals surface area contributed by atoms with E-state index in [1.165, 1.54) is 0 Å². The third-order valence-electron chi connectivity index (χ3n) is 4.93. The summed E-state index contributed by atoms with van der Waals surface area (Å²) >= 11 is 0. The lowest BCUT2D eigenvalue weighted by atomic mass is 9.97. The minimum Gasteiger partial charge on any atom is -0.496 e. The van der Waals surface area contributed by atoms with Crippen molar-refractivity contribution in [3.8, 4) is 5.75 Å². The normalized spacial score (nSPS) is 16.5. The fourth-order valence-corrected chi connectivity index (χ4v) is 3.47. The lowest BCUT2D eigenvalue weighted by Gasteiger charge is -2.23. The second-order valence-corrected chi connectivity index (χ2v) is 7.11. The fourth-order valence-electron chi connectivity index (χ4n) is 3.47. The van der Waals surface area contributed by atoms with Crippen LogP contribution in [0.15, 0.2) is 60.0 Å². The van der Waals surface area contributed by atoms with Crippen molar-refractivity contribution >= 4 is 22.7 Å². The molecule has 1 aliphatic rings. The van der Waals surface area contributed by atoms with Crippen LogP contribution < -0.4 is 4.74 Å². The quantitative estimate of drug-likeness (QED) is 0.693. The highest BCUT2D eigenvalue weighted by atomic mass is 16.5. The monoisotopic (exact) mass is 374 g/mol. The van der Waals surface area contributed by atoms with Crippen molar-refractivity contribution < 1.29 is 9.53 Å². The van der Waals surface area contributed by atoms with Crippen molar-refractivity contribution in [3.05, 3.63) is 66.0 Å². The topological polar surface area (TPSA) is 67.7 Å². The number of hydrogen-bond donors (Lipinski definition) is 0. The van der Waals surface area contributed by atoms with E-state index in [1.807, 2.05) is 56.3 Å². The highest BCUT2D eigenvalue weighted by Gasteiger charge is 2.35. The number of aromatic nitrogens is 2. The number of ether oxygens (including phenoxy) is 1. The molecule has 6 nitrogen and oxygen atoms in total. The van der Waals surface area contributed by atoms with Crippen molar-refractivity contribution in [2.75, 3.05) is 7.11 Å². The van der Waals surface area contributed by atoms with Crippen LogP contribution in [-0.4, -0.2) is 33.7 Å². The minimum absolute atomic E-state index is 0.00543. The highest BCUT2D eigenvalue weighted by molar-refractivity contribution is 6.05. The second-order valence-electron chi connectivity index (χ2n) is 7.11. The first-order valence-corrected chi connectivity index (χ1v) is 9.33. The van der Waals surface area contributed by atoms with Crippen molar-refractivity contribution in [1.82, 2.24) is 15.0 Å². The summed E-state index contributed by atoms with van der Waals surface area (Å²) in [5.41, 5.74) is 4.39. The minimum atomic E-state index is -0.179. The molecule has 2 heterocycles. The smallest absolute Gasteiger partial charge is 0.245 e. The van der Waals surface area contributed by atoms with E-state index < -0.39 is 0 Å². The highest BCUT2D eigenvalue weighted by Crippen LogP contribution is 2.36. The van der Waals surface area contributed by atoms with Crippen molar-refractivity contribution in [3.63, 3.8) is 0 Å². The molecule has 2 aromatic carbocycles. The van der Waals surface area contributed by atoms with Gasteiger partial charge < -0.3 is 4.74 Å². The largest absolute Gasteiger partial charge is 0.496 e. The molecular weight excluding hydrogens is 352 g/mol. The molecule has 1 aliphatic heterocycles. The van der Waals surface area contributed by atoms with E-state index in [2.05, 4.69) is 9.97 Å². The van der Waals surface area contributed by atoms with E-state index in [1.54, 1.807) is 24.5 Å². The molecule has 0 radical (unpaired) electrons. The summed E-state index contributed by atoms with van der Waals surface area (Å²) in [6, 6.07) is 13.5. The van der Waals surface area contributed by atoms with Crippen LogP contribution in [0.2, 0.25) is 0 Å². The molecule has 0 fully saturated rings. The average molecular weight is 374 g/mol. The van der Waals surface area contributed by atoms with Gasteiger partial charge in [0.1, 0.15) is 5.75 Å². The Morgan fingerprint density at radius 2 is 1.86 bits per heavy atom. The van der Waals surface area contributed by atoms with Gasteiger partial charge in [-0.1, -0.05) is 32.0 Å². The Hall–Kier alpha value is -3.28. The Labute approximate surface area is 163 Å². The van der Waals surface area contributed by atoms with Crippen molar-refractivity contribution in [1.29, 1.82) is 0 Å². The first kappa shape index (κ1) is 18.1. The average Bonchev–Trinajstić information content (AvgIpc) is 3.17. The number of hydrazone groups is 1. The van der Waals surface area contributed by atoms with Gasteiger partial charge in [-0.3, -0.25) is 14.8 Å². The summed E-state index contributed by atoms with van der Waals surface area (Å²) in [6.45, 7) is 3.78. The van der Waals surface area contributed by atoms with Gasteiger partial charge in [0.05, 0.1) is 29.9 Å². The molecule has 1 atom stereocenters. The van der Waals surface area contributed by atoms with E-state index in [9.17, 15) is 4.79 Å². The number of hydrogen-bond acceptors (Lipinski definition) is 5. The molecule has 3 aromatic rings. The van der Waals surface area contributed by atoms with Gasteiger partial charge >= 0.3 is 0 Å². The molecule has 0 saturated carbocycles. The van der Waals surface area contributed by atoms with Crippen molar-refractivity contribution in [2.45, 2.75) is 26.3 Å². The fraction of sp³-hybridized carbons (Fsp3) is 0.273.